The number of hydrogen-bond acceptors (Lipinski definition) is 5. The largest absolute Gasteiger partial charge is 0.451 e. The Balaban J connectivity index is 1.59. The number of fused-ring (bicyclic) bond motifs is 1. The van der Waals surface area contributed by atoms with Crippen molar-refractivity contribution in [2.45, 2.75) is 13.5 Å². The first kappa shape index (κ1) is 18.7. The van der Waals surface area contributed by atoms with Crippen LogP contribution >= 0.6 is 11.6 Å². The van der Waals surface area contributed by atoms with Crippen LogP contribution in [0, 0.1) is 0 Å². The Morgan fingerprint density at radius 2 is 1.81 bits per heavy atom. The van der Waals surface area contributed by atoms with Crippen LogP contribution in [0.5, 0.6) is 0 Å². The van der Waals surface area contributed by atoms with E-state index < -0.39 is 12.6 Å². The van der Waals surface area contributed by atoms with Gasteiger partial charge in [0.15, 0.2) is 12.4 Å². The van der Waals surface area contributed by atoms with Crippen LogP contribution < -0.4 is 5.32 Å². The summed E-state index contributed by atoms with van der Waals surface area (Å²) >= 11 is 5.90. The lowest BCUT2D eigenvalue weighted by Crippen LogP contribution is -2.19. The summed E-state index contributed by atoms with van der Waals surface area (Å²) in [5, 5.41) is 3.88. The highest BCUT2D eigenvalue weighted by Crippen LogP contribution is 2.23. The van der Waals surface area contributed by atoms with Gasteiger partial charge in [0.1, 0.15) is 5.58 Å². The van der Waals surface area contributed by atoms with E-state index in [2.05, 4.69) is 5.32 Å². The van der Waals surface area contributed by atoms with E-state index in [9.17, 15) is 14.4 Å². The van der Waals surface area contributed by atoms with Crippen LogP contribution in [0.3, 0.4) is 0 Å². The fourth-order valence-corrected chi connectivity index (χ4v) is 2.62. The molecule has 2 aromatic carbocycles. The summed E-state index contributed by atoms with van der Waals surface area (Å²) in [4.78, 5) is 35.2. The van der Waals surface area contributed by atoms with Gasteiger partial charge in [0, 0.05) is 29.4 Å². The van der Waals surface area contributed by atoms with Gasteiger partial charge in [0.2, 0.25) is 11.7 Å². The second-order valence-corrected chi connectivity index (χ2v) is 6.34. The minimum Gasteiger partial charge on any atom is -0.451 e. The first-order valence-electron chi connectivity index (χ1n) is 8.15. The van der Waals surface area contributed by atoms with Crippen LogP contribution in [0.4, 0.5) is 0 Å². The summed E-state index contributed by atoms with van der Waals surface area (Å²) in [5.41, 5.74) is 1.78. The molecule has 6 nitrogen and oxygen atoms in total. The number of carbonyl (C=O) groups is 3. The molecule has 7 heteroatoms. The lowest BCUT2D eigenvalue weighted by atomic mass is 10.1. The Morgan fingerprint density at radius 3 is 2.52 bits per heavy atom. The zero-order valence-corrected chi connectivity index (χ0v) is 15.2. The maximum absolute atomic E-state index is 12.2. The Bertz CT molecular complexity index is 1010. The van der Waals surface area contributed by atoms with Crippen molar-refractivity contribution in [2.75, 3.05) is 6.61 Å². The lowest BCUT2D eigenvalue weighted by molar-refractivity contribution is -0.119. The Kier molecular flexibility index (Phi) is 5.57. The fourth-order valence-electron chi connectivity index (χ4n) is 2.44. The highest BCUT2D eigenvalue weighted by molar-refractivity contribution is 6.31. The van der Waals surface area contributed by atoms with E-state index in [4.69, 9.17) is 20.8 Å². The van der Waals surface area contributed by atoms with Crippen LogP contribution in [0.2, 0.25) is 5.02 Å². The third kappa shape index (κ3) is 4.74. The van der Waals surface area contributed by atoms with Crippen molar-refractivity contribution in [1.29, 1.82) is 0 Å². The molecule has 3 rings (SSSR count). The molecule has 1 amide bonds. The molecule has 0 saturated heterocycles. The molecule has 1 aromatic heterocycles. The average molecular weight is 386 g/mol. The number of furan rings is 1. The third-order valence-electron chi connectivity index (χ3n) is 3.83. The summed E-state index contributed by atoms with van der Waals surface area (Å²) in [5.74, 6) is -1.19. The SMILES string of the molecule is CC(=O)NCc1ccc(C(=O)COC(=O)c2cc3cc(Cl)ccc3o2)cc1. The van der Waals surface area contributed by atoms with Crippen LogP contribution in [0.15, 0.2) is 52.9 Å². The monoisotopic (exact) mass is 385 g/mol. The van der Waals surface area contributed by atoms with E-state index in [1.54, 1.807) is 42.5 Å². The van der Waals surface area contributed by atoms with Gasteiger partial charge >= 0.3 is 5.97 Å². The van der Waals surface area contributed by atoms with Crippen LogP contribution in [0.1, 0.15) is 33.4 Å². The molecule has 0 radical (unpaired) electrons. The highest BCUT2D eigenvalue weighted by Gasteiger charge is 2.16. The molecule has 0 unspecified atom stereocenters. The van der Waals surface area contributed by atoms with Gasteiger partial charge in [-0.3, -0.25) is 9.59 Å². The van der Waals surface area contributed by atoms with Gasteiger partial charge in [-0.2, -0.15) is 0 Å². The van der Waals surface area contributed by atoms with Gasteiger partial charge in [0.05, 0.1) is 0 Å². The summed E-state index contributed by atoms with van der Waals surface area (Å²) in [6, 6.07) is 13.2. The van der Waals surface area contributed by atoms with Gasteiger partial charge < -0.3 is 14.5 Å². The molecule has 0 aliphatic rings. The smallest absolute Gasteiger partial charge is 0.374 e. The summed E-state index contributed by atoms with van der Waals surface area (Å²) in [6.07, 6.45) is 0. The minimum atomic E-state index is -0.724. The number of hydrogen-bond donors (Lipinski definition) is 1. The van der Waals surface area contributed by atoms with E-state index in [0.29, 0.717) is 28.1 Å². The molecule has 0 saturated carbocycles. The number of carbonyl (C=O) groups excluding carboxylic acids is 3. The molecule has 3 aromatic rings. The fraction of sp³-hybridized carbons (Fsp3) is 0.150. The van der Waals surface area contributed by atoms with Gasteiger partial charge in [0.25, 0.3) is 0 Å². The average Bonchev–Trinajstić information content (AvgIpc) is 3.07. The first-order valence-corrected chi connectivity index (χ1v) is 8.53. The second-order valence-electron chi connectivity index (χ2n) is 5.90. The molecule has 0 atom stereocenters. The van der Waals surface area contributed by atoms with Crippen molar-refractivity contribution >= 4 is 40.2 Å². The third-order valence-corrected chi connectivity index (χ3v) is 4.07. The van der Waals surface area contributed by atoms with E-state index >= 15 is 0 Å². The quantitative estimate of drug-likeness (QED) is 0.515. The molecule has 138 valence electrons. The number of amides is 1. The Hall–Kier alpha value is -3.12. The first-order chi connectivity index (χ1) is 12.9. The summed E-state index contributed by atoms with van der Waals surface area (Å²) in [7, 11) is 0. The molecule has 1 heterocycles. The molecular formula is C20H16ClNO5. The van der Waals surface area contributed by atoms with Crippen molar-refractivity contribution < 1.29 is 23.5 Å². The van der Waals surface area contributed by atoms with Gasteiger partial charge in [-0.1, -0.05) is 35.9 Å². The maximum Gasteiger partial charge on any atom is 0.374 e. The van der Waals surface area contributed by atoms with Crippen LogP contribution in [-0.2, 0) is 16.1 Å². The molecule has 0 bridgehead atoms. The number of rotatable bonds is 6. The number of nitrogens with one attached hydrogen (secondary N) is 1. The number of ether oxygens (including phenoxy) is 1. The minimum absolute atomic E-state index is 0.00530. The van der Waals surface area contributed by atoms with E-state index in [1.165, 1.54) is 13.0 Å². The molecule has 0 aliphatic carbocycles. The number of esters is 1. The zero-order valence-electron chi connectivity index (χ0n) is 14.5. The van der Waals surface area contributed by atoms with Crippen LogP contribution in [0.25, 0.3) is 11.0 Å². The highest BCUT2D eigenvalue weighted by atomic mass is 35.5. The standard InChI is InChI=1S/C20H16ClNO5/c1-12(23)22-10-13-2-4-14(5-3-13)17(24)11-26-20(25)19-9-15-8-16(21)6-7-18(15)27-19/h2-9H,10-11H2,1H3,(H,22,23). The van der Waals surface area contributed by atoms with Crippen molar-refractivity contribution in [3.8, 4) is 0 Å². The number of Topliss-reactive ketones (excluding diaryl/α,β-unsaturated/α-hetero) is 1. The van der Waals surface area contributed by atoms with E-state index in [0.717, 1.165) is 5.56 Å². The van der Waals surface area contributed by atoms with E-state index in [-0.39, 0.29) is 17.5 Å². The van der Waals surface area contributed by atoms with Crippen molar-refractivity contribution in [1.82, 2.24) is 5.32 Å². The molecule has 0 spiro atoms. The van der Waals surface area contributed by atoms with Crippen molar-refractivity contribution in [3.63, 3.8) is 0 Å². The number of halogens is 1. The normalized spacial score (nSPS) is 10.6. The Morgan fingerprint density at radius 1 is 1.07 bits per heavy atom. The Labute approximate surface area is 160 Å². The van der Waals surface area contributed by atoms with Crippen LogP contribution in [-0.4, -0.2) is 24.3 Å². The molecule has 0 fully saturated rings. The van der Waals surface area contributed by atoms with Gasteiger partial charge in [-0.15, -0.1) is 0 Å². The zero-order chi connectivity index (χ0) is 19.4. The van der Waals surface area contributed by atoms with Crippen molar-refractivity contribution in [3.05, 3.63) is 70.4 Å². The summed E-state index contributed by atoms with van der Waals surface area (Å²) < 4.78 is 10.4. The van der Waals surface area contributed by atoms with Gasteiger partial charge in [-0.05, 0) is 29.8 Å². The molecular weight excluding hydrogens is 370 g/mol. The number of ketones is 1. The predicted octanol–water partition coefficient (Wildman–Crippen LogP) is 3.76. The molecule has 1 N–H and O–H groups in total. The maximum atomic E-state index is 12.2. The predicted molar refractivity (Wildman–Crippen MR) is 99.8 cm³/mol. The van der Waals surface area contributed by atoms with Crippen molar-refractivity contribution in [2.24, 2.45) is 0 Å². The molecule has 27 heavy (non-hydrogen) atoms. The second kappa shape index (κ2) is 8.05. The van der Waals surface area contributed by atoms with Gasteiger partial charge in [-0.25, -0.2) is 4.79 Å². The lowest BCUT2D eigenvalue weighted by Gasteiger charge is -2.05. The topological polar surface area (TPSA) is 85.6 Å². The molecule has 0 aliphatic heterocycles. The number of benzene rings is 2. The summed E-state index contributed by atoms with van der Waals surface area (Å²) in [6.45, 7) is 1.42. The van der Waals surface area contributed by atoms with E-state index in [1.807, 2.05) is 0 Å².